The zero-order valence-electron chi connectivity index (χ0n) is 17.6. The Morgan fingerprint density at radius 1 is 1.07 bits per heavy atom. The molecule has 2 amide bonds. The van der Waals surface area contributed by atoms with Crippen molar-refractivity contribution in [2.75, 3.05) is 32.8 Å². The zero-order valence-corrected chi connectivity index (χ0v) is 17.6. The molecule has 1 saturated heterocycles. The highest BCUT2D eigenvalue weighted by Gasteiger charge is 2.24. The molecule has 1 aromatic carbocycles. The maximum atomic E-state index is 13.0. The standard InChI is InChI=1S/C23H29N3O4/c1-18(2)16-30-23(28)26-11-5-10-25(12-13-26)22(27)20-7-3-8-21(14-20)29-17-19-6-4-9-24-15-19/h3-4,6-9,14-15,18H,5,10-13,16-17H2,1-2H3. The van der Waals surface area contributed by atoms with E-state index in [0.717, 1.165) is 12.0 Å². The largest absolute Gasteiger partial charge is 0.489 e. The van der Waals surface area contributed by atoms with Crippen LogP contribution >= 0.6 is 0 Å². The van der Waals surface area contributed by atoms with Gasteiger partial charge in [-0.25, -0.2) is 4.79 Å². The van der Waals surface area contributed by atoms with Crippen LogP contribution in [0.15, 0.2) is 48.8 Å². The summed E-state index contributed by atoms with van der Waals surface area (Å²) in [6.07, 6.45) is 3.89. The summed E-state index contributed by atoms with van der Waals surface area (Å²) in [5, 5.41) is 0. The highest BCUT2D eigenvalue weighted by atomic mass is 16.6. The summed E-state index contributed by atoms with van der Waals surface area (Å²) in [5.74, 6) is 0.879. The third-order valence-corrected chi connectivity index (χ3v) is 4.79. The number of hydrogen-bond donors (Lipinski definition) is 0. The van der Waals surface area contributed by atoms with Crippen LogP contribution < -0.4 is 4.74 Å². The number of amides is 2. The number of carbonyl (C=O) groups is 2. The second kappa shape index (κ2) is 10.6. The highest BCUT2D eigenvalue weighted by molar-refractivity contribution is 5.94. The normalized spacial score (nSPS) is 14.4. The Balaban J connectivity index is 1.56. The van der Waals surface area contributed by atoms with Gasteiger partial charge in [-0.2, -0.15) is 0 Å². The molecule has 0 unspecified atom stereocenters. The zero-order chi connectivity index (χ0) is 21.3. The number of aromatic nitrogens is 1. The van der Waals surface area contributed by atoms with Crippen LogP contribution in [0.5, 0.6) is 5.75 Å². The molecule has 3 rings (SSSR count). The van der Waals surface area contributed by atoms with Crippen molar-refractivity contribution < 1.29 is 19.1 Å². The maximum absolute atomic E-state index is 13.0. The first-order valence-corrected chi connectivity index (χ1v) is 10.4. The van der Waals surface area contributed by atoms with E-state index in [-0.39, 0.29) is 12.0 Å². The average molecular weight is 412 g/mol. The molecule has 160 valence electrons. The van der Waals surface area contributed by atoms with Crippen molar-refractivity contribution in [1.82, 2.24) is 14.8 Å². The smallest absolute Gasteiger partial charge is 0.409 e. The van der Waals surface area contributed by atoms with Crippen molar-refractivity contribution >= 4 is 12.0 Å². The molecule has 1 aliphatic heterocycles. The highest BCUT2D eigenvalue weighted by Crippen LogP contribution is 2.18. The minimum absolute atomic E-state index is 0.0563. The van der Waals surface area contributed by atoms with Crippen LogP contribution in [-0.4, -0.2) is 59.6 Å². The predicted octanol–water partition coefficient (Wildman–Crippen LogP) is 3.60. The number of hydrogen-bond acceptors (Lipinski definition) is 5. The Kier molecular flexibility index (Phi) is 7.65. The third kappa shape index (κ3) is 6.20. The Morgan fingerprint density at radius 3 is 2.63 bits per heavy atom. The van der Waals surface area contributed by atoms with Crippen LogP contribution in [0.1, 0.15) is 36.2 Å². The second-order valence-corrected chi connectivity index (χ2v) is 7.78. The van der Waals surface area contributed by atoms with Crippen molar-refractivity contribution in [2.45, 2.75) is 26.9 Å². The van der Waals surface area contributed by atoms with Gasteiger partial charge in [0.05, 0.1) is 6.61 Å². The van der Waals surface area contributed by atoms with Gasteiger partial charge < -0.3 is 19.3 Å². The van der Waals surface area contributed by atoms with Crippen LogP contribution in [0.2, 0.25) is 0 Å². The Bertz CT molecular complexity index is 841. The minimum atomic E-state index is -0.302. The first kappa shape index (κ1) is 21.6. The van der Waals surface area contributed by atoms with Crippen molar-refractivity contribution in [3.8, 4) is 5.75 Å². The number of rotatable bonds is 6. The molecule has 0 bridgehead atoms. The van der Waals surface area contributed by atoms with Crippen molar-refractivity contribution in [3.63, 3.8) is 0 Å². The SMILES string of the molecule is CC(C)COC(=O)N1CCCN(C(=O)c2cccc(OCc3cccnc3)c2)CC1. The molecule has 1 aromatic heterocycles. The molecular weight excluding hydrogens is 382 g/mol. The quantitative estimate of drug-likeness (QED) is 0.726. The lowest BCUT2D eigenvalue weighted by molar-refractivity contribution is 0.0746. The lowest BCUT2D eigenvalue weighted by Crippen LogP contribution is -2.37. The summed E-state index contributed by atoms with van der Waals surface area (Å²) in [6, 6.07) is 11.0. The van der Waals surface area contributed by atoms with Gasteiger partial charge in [0.25, 0.3) is 5.91 Å². The van der Waals surface area contributed by atoms with E-state index in [1.165, 1.54) is 0 Å². The van der Waals surface area contributed by atoms with Crippen LogP contribution in [0.3, 0.4) is 0 Å². The molecule has 0 aliphatic carbocycles. The number of benzene rings is 1. The van der Waals surface area contributed by atoms with E-state index >= 15 is 0 Å². The van der Waals surface area contributed by atoms with E-state index in [4.69, 9.17) is 9.47 Å². The van der Waals surface area contributed by atoms with E-state index in [1.54, 1.807) is 34.3 Å². The molecule has 1 fully saturated rings. The first-order chi connectivity index (χ1) is 14.5. The van der Waals surface area contributed by atoms with Gasteiger partial charge in [-0.15, -0.1) is 0 Å². The Morgan fingerprint density at radius 2 is 1.87 bits per heavy atom. The molecule has 7 heteroatoms. The molecule has 2 heterocycles. The second-order valence-electron chi connectivity index (χ2n) is 7.78. The van der Waals surface area contributed by atoms with Crippen molar-refractivity contribution in [1.29, 1.82) is 0 Å². The lowest BCUT2D eigenvalue weighted by atomic mass is 10.2. The summed E-state index contributed by atoms with van der Waals surface area (Å²) < 4.78 is 11.1. The van der Waals surface area contributed by atoms with E-state index in [1.807, 2.05) is 38.1 Å². The average Bonchev–Trinajstić information content (AvgIpc) is 3.03. The van der Waals surface area contributed by atoms with Gasteiger partial charge >= 0.3 is 6.09 Å². The fourth-order valence-electron chi connectivity index (χ4n) is 3.18. The fourth-order valence-corrected chi connectivity index (χ4v) is 3.18. The number of nitrogens with zero attached hydrogens (tertiary/aromatic N) is 3. The fraction of sp³-hybridized carbons (Fsp3) is 0.435. The summed E-state index contributed by atoms with van der Waals surface area (Å²) in [4.78, 5) is 32.8. The molecule has 7 nitrogen and oxygen atoms in total. The molecule has 0 N–H and O–H groups in total. The minimum Gasteiger partial charge on any atom is -0.489 e. The predicted molar refractivity (Wildman–Crippen MR) is 113 cm³/mol. The third-order valence-electron chi connectivity index (χ3n) is 4.79. The van der Waals surface area contributed by atoms with Crippen LogP contribution in [0, 0.1) is 5.92 Å². The molecule has 0 radical (unpaired) electrons. The van der Waals surface area contributed by atoms with Gasteiger partial charge in [-0.05, 0) is 36.6 Å². The summed E-state index contributed by atoms with van der Waals surface area (Å²) >= 11 is 0. The van der Waals surface area contributed by atoms with Gasteiger partial charge in [0, 0.05) is 49.7 Å². The van der Waals surface area contributed by atoms with E-state index in [9.17, 15) is 9.59 Å². The summed E-state index contributed by atoms with van der Waals surface area (Å²) in [6.45, 7) is 6.96. The molecule has 0 saturated carbocycles. The number of pyridine rings is 1. The van der Waals surface area contributed by atoms with Crippen LogP contribution in [0.25, 0.3) is 0 Å². The molecule has 1 aliphatic rings. The van der Waals surface area contributed by atoms with Gasteiger partial charge in [0.15, 0.2) is 0 Å². The Labute approximate surface area is 177 Å². The maximum Gasteiger partial charge on any atom is 0.409 e. The van der Waals surface area contributed by atoms with Gasteiger partial charge in [-0.3, -0.25) is 9.78 Å². The molecule has 0 atom stereocenters. The number of ether oxygens (including phenoxy) is 2. The lowest BCUT2D eigenvalue weighted by Gasteiger charge is -2.22. The first-order valence-electron chi connectivity index (χ1n) is 10.4. The van der Waals surface area contributed by atoms with Gasteiger partial charge in [0.2, 0.25) is 0 Å². The van der Waals surface area contributed by atoms with Crippen LogP contribution in [0.4, 0.5) is 4.79 Å². The monoisotopic (exact) mass is 411 g/mol. The van der Waals surface area contributed by atoms with Crippen LogP contribution in [-0.2, 0) is 11.3 Å². The van der Waals surface area contributed by atoms with E-state index < -0.39 is 0 Å². The van der Waals surface area contributed by atoms with E-state index in [2.05, 4.69) is 4.98 Å². The number of carbonyl (C=O) groups excluding carboxylic acids is 2. The molecule has 2 aromatic rings. The summed E-state index contributed by atoms with van der Waals surface area (Å²) in [5.41, 5.74) is 1.54. The topological polar surface area (TPSA) is 72.0 Å². The van der Waals surface area contributed by atoms with Gasteiger partial charge in [0.1, 0.15) is 12.4 Å². The molecular formula is C23H29N3O4. The molecule has 0 spiro atoms. The summed E-state index contributed by atoms with van der Waals surface area (Å²) in [7, 11) is 0. The Hall–Kier alpha value is -3.09. The van der Waals surface area contributed by atoms with Gasteiger partial charge in [-0.1, -0.05) is 26.0 Å². The van der Waals surface area contributed by atoms with Crippen molar-refractivity contribution in [3.05, 3.63) is 59.9 Å². The van der Waals surface area contributed by atoms with E-state index in [0.29, 0.717) is 56.6 Å². The molecule has 30 heavy (non-hydrogen) atoms. The van der Waals surface area contributed by atoms with Crippen molar-refractivity contribution in [2.24, 2.45) is 5.92 Å².